The van der Waals surface area contributed by atoms with Gasteiger partial charge in [-0.25, -0.2) is 8.42 Å². The summed E-state index contributed by atoms with van der Waals surface area (Å²) in [5, 5.41) is 3.19. The summed E-state index contributed by atoms with van der Waals surface area (Å²) in [4.78, 5) is 14.2. The third-order valence-corrected chi connectivity index (χ3v) is 4.47. The van der Waals surface area contributed by atoms with Crippen molar-refractivity contribution in [2.24, 2.45) is 0 Å². The Bertz CT molecular complexity index is 592. The van der Waals surface area contributed by atoms with Crippen molar-refractivity contribution in [3.63, 3.8) is 0 Å². The Morgan fingerprint density at radius 3 is 2.33 bits per heavy atom. The zero-order valence-electron chi connectivity index (χ0n) is 12.2. The van der Waals surface area contributed by atoms with Crippen LogP contribution in [0, 0.1) is 0 Å². The molecule has 1 saturated heterocycles. The van der Waals surface area contributed by atoms with Crippen LogP contribution in [0.3, 0.4) is 0 Å². The second-order valence-electron chi connectivity index (χ2n) is 5.08. The topological polar surface area (TPSA) is 75.7 Å². The molecular weight excluding hydrogens is 292 g/mol. The molecule has 7 heteroatoms. The number of benzene rings is 1. The molecule has 6 nitrogen and oxygen atoms in total. The van der Waals surface area contributed by atoms with Crippen molar-refractivity contribution in [1.29, 1.82) is 0 Å². The summed E-state index contributed by atoms with van der Waals surface area (Å²) < 4.78 is 28.3. The average molecular weight is 312 g/mol. The number of carbonyl (C=O) groups excluding carboxylic acids is 1. The lowest BCUT2D eigenvalue weighted by Gasteiger charge is -2.29. The van der Waals surface area contributed by atoms with E-state index < -0.39 is 15.9 Å². The Morgan fingerprint density at radius 2 is 1.81 bits per heavy atom. The third kappa shape index (κ3) is 4.18. The molecule has 1 aliphatic heterocycles. The van der Waals surface area contributed by atoms with Crippen LogP contribution in [0.15, 0.2) is 29.2 Å². The number of amides is 1. The fourth-order valence-corrected chi connectivity index (χ4v) is 2.79. The maximum absolute atomic E-state index is 12.2. The summed E-state index contributed by atoms with van der Waals surface area (Å²) in [5.41, 5.74) is 0. The van der Waals surface area contributed by atoms with Gasteiger partial charge in [-0.2, -0.15) is 0 Å². The van der Waals surface area contributed by atoms with Gasteiger partial charge in [-0.1, -0.05) is 0 Å². The second-order valence-corrected chi connectivity index (χ2v) is 7.09. The average Bonchev–Trinajstić information content (AvgIpc) is 2.47. The van der Waals surface area contributed by atoms with E-state index in [9.17, 15) is 13.2 Å². The summed E-state index contributed by atoms with van der Waals surface area (Å²) in [6, 6.07) is 6.09. The van der Waals surface area contributed by atoms with E-state index in [1.807, 2.05) is 0 Å². The van der Waals surface area contributed by atoms with Gasteiger partial charge in [0.25, 0.3) is 5.91 Å². The Labute approximate surface area is 125 Å². The first-order valence-electron chi connectivity index (χ1n) is 6.84. The first kappa shape index (κ1) is 15.8. The maximum Gasteiger partial charge on any atom is 0.263 e. The zero-order valence-corrected chi connectivity index (χ0v) is 13.0. The molecule has 1 amide bonds. The van der Waals surface area contributed by atoms with Crippen LogP contribution in [0.2, 0.25) is 0 Å². The first-order chi connectivity index (χ1) is 9.88. The smallest absolute Gasteiger partial charge is 0.263 e. The highest BCUT2D eigenvalue weighted by atomic mass is 32.2. The molecule has 1 aromatic carbocycles. The van der Waals surface area contributed by atoms with Gasteiger partial charge >= 0.3 is 0 Å². The SMILES string of the molecule is CC(Oc1ccc(S(C)(=O)=O)cc1)C(=O)N1CCNCC1. The van der Waals surface area contributed by atoms with Crippen molar-refractivity contribution in [3.8, 4) is 5.75 Å². The first-order valence-corrected chi connectivity index (χ1v) is 8.73. The van der Waals surface area contributed by atoms with Crippen LogP contribution < -0.4 is 10.1 Å². The van der Waals surface area contributed by atoms with E-state index in [1.165, 1.54) is 12.1 Å². The fraction of sp³-hybridized carbons (Fsp3) is 0.500. The van der Waals surface area contributed by atoms with Gasteiger partial charge in [0.15, 0.2) is 15.9 Å². The van der Waals surface area contributed by atoms with E-state index in [4.69, 9.17) is 4.74 Å². The second kappa shape index (κ2) is 6.44. The molecule has 1 unspecified atom stereocenters. The van der Waals surface area contributed by atoms with Crippen molar-refractivity contribution < 1.29 is 17.9 Å². The zero-order chi connectivity index (χ0) is 15.5. The van der Waals surface area contributed by atoms with E-state index >= 15 is 0 Å². The fourth-order valence-electron chi connectivity index (χ4n) is 2.16. The molecule has 0 saturated carbocycles. The largest absolute Gasteiger partial charge is 0.481 e. The van der Waals surface area contributed by atoms with Gasteiger partial charge in [0.1, 0.15) is 5.75 Å². The van der Waals surface area contributed by atoms with E-state index in [0.29, 0.717) is 18.8 Å². The van der Waals surface area contributed by atoms with E-state index in [0.717, 1.165) is 19.3 Å². The molecular formula is C14H20N2O4S. The molecule has 0 aliphatic carbocycles. The molecule has 1 fully saturated rings. The van der Waals surface area contributed by atoms with Crippen LogP contribution in [0.25, 0.3) is 0 Å². The van der Waals surface area contributed by atoms with E-state index in [2.05, 4.69) is 5.32 Å². The van der Waals surface area contributed by atoms with Gasteiger partial charge in [0, 0.05) is 32.4 Å². The summed E-state index contributed by atoms with van der Waals surface area (Å²) in [6.07, 6.45) is 0.562. The van der Waals surface area contributed by atoms with E-state index in [-0.39, 0.29) is 10.8 Å². The molecule has 1 aromatic rings. The highest BCUT2D eigenvalue weighted by Crippen LogP contribution is 2.17. The molecule has 1 heterocycles. The molecule has 21 heavy (non-hydrogen) atoms. The quantitative estimate of drug-likeness (QED) is 0.865. The molecule has 116 valence electrons. The van der Waals surface area contributed by atoms with Gasteiger partial charge in [0.2, 0.25) is 0 Å². The van der Waals surface area contributed by atoms with Gasteiger partial charge in [-0.15, -0.1) is 0 Å². The lowest BCUT2D eigenvalue weighted by molar-refractivity contribution is -0.138. The van der Waals surface area contributed by atoms with Gasteiger partial charge < -0.3 is 15.0 Å². The molecule has 1 N–H and O–H groups in total. The van der Waals surface area contributed by atoms with Crippen molar-refractivity contribution in [1.82, 2.24) is 10.2 Å². The third-order valence-electron chi connectivity index (χ3n) is 3.34. The van der Waals surface area contributed by atoms with Crippen molar-refractivity contribution in [3.05, 3.63) is 24.3 Å². The van der Waals surface area contributed by atoms with Gasteiger partial charge in [-0.3, -0.25) is 4.79 Å². The number of sulfone groups is 1. The predicted octanol–water partition coefficient (Wildman–Crippen LogP) is 0.289. The standard InChI is InChI=1S/C14H20N2O4S/c1-11(14(17)16-9-7-15-8-10-16)20-12-3-5-13(6-4-12)21(2,18)19/h3-6,11,15H,7-10H2,1-2H3. The molecule has 0 aromatic heterocycles. The number of nitrogens with zero attached hydrogens (tertiary/aromatic N) is 1. The number of carbonyl (C=O) groups is 1. The van der Waals surface area contributed by atoms with Crippen LogP contribution in [0.4, 0.5) is 0 Å². The van der Waals surface area contributed by atoms with Gasteiger partial charge in [0.05, 0.1) is 4.90 Å². The number of hydrogen-bond donors (Lipinski definition) is 1. The normalized spacial score (nSPS) is 17.3. The van der Waals surface area contributed by atoms with Crippen LogP contribution in [0.5, 0.6) is 5.75 Å². The Balaban J connectivity index is 1.98. The summed E-state index contributed by atoms with van der Waals surface area (Å²) in [7, 11) is -3.22. The highest BCUT2D eigenvalue weighted by molar-refractivity contribution is 7.90. The minimum atomic E-state index is -3.22. The molecule has 2 rings (SSSR count). The highest BCUT2D eigenvalue weighted by Gasteiger charge is 2.23. The Morgan fingerprint density at radius 1 is 1.24 bits per heavy atom. The number of nitrogens with one attached hydrogen (secondary N) is 1. The van der Waals surface area contributed by atoms with Crippen molar-refractivity contribution in [2.75, 3.05) is 32.4 Å². The molecule has 0 bridgehead atoms. The molecule has 0 radical (unpaired) electrons. The molecule has 1 aliphatic rings. The van der Waals surface area contributed by atoms with E-state index in [1.54, 1.807) is 24.0 Å². The van der Waals surface area contributed by atoms with Crippen LogP contribution >= 0.6 is 0 Å². The lowest BCUT2D eigenvalue weighted by atomic mass is 10.3. The van der Waals surface area contributed by atoms with Crippen molar-refractivity contribution >= 4 is 15.7 Å². The summed E-state index contributed by atoms with van der Waals surface area (Å²) >= 11 is 0. The predicted molar refractivity (Wildman–Crippen MR) is 79.1 cm³/mol. The summed E-state index contributed by atoms with van der Waals surface area (Å²) in [5.74, 6) is 0.432. The molecule has 0 spiro atoms. The maximum atomic E-state index is 12.2. The van der Waals surface area contributed by atoms with Crippen LogP contribution in [0.1, 0.15) is 6.92 Å². The van der Waals surface area contributed by atoms with Crippen molar-refractivity contribution in [2.45, 2.75) is 17.9 Å². The number of hydrogen-bond acceptors (Lipinski definition) is 5. The summed E-state index contributed by atoms with van der Waals surface area (Å²) in [6.45, 7) is 4.65. The molecule has 1 atom stereocenters. The minimum Gasteiger partial charge on any atom is -0.481 e. The lowest BCUT2D eigenvalue weighted by Crippen LogP contribution is -2.50. The Hall–Kier alpha value is -1.60. The number of rotatable bonds is 4. The van der Waals surface area contributed by atoms with Gasteiger partial charge in [-0.05, 0) is 31.2 Å². The van der Waals surface area contributed by atoms with Crippen LogP contribution in [-0.2, 0) is 14.6 Å². The van der Waals surface area contributed by atoms with Crippen LogP contribution in [-0.4, -0.2) is 57.8 Å². The minimum absolute atomic E-state index is 0.0521. The Kier molecular flexibility index (Phi) is 4.84. The number of ether oxygens (including phenoxy) is 1. The number of piperazine rings is 1. The monoisotopic (exact) mass is 312 g/mol.